The van der Waals surface area contributed by atoms with Crippen molar-refractivity contribution in [2.24, 2.45) is 0 Å². The Hall–Kier alpha value is -2.04. The Morgan fingerprint density at radius 3 is 2.78 bits per heavy atom. The fourth-order valence-electron chi connectivity index (χ4n) is 2.16. The van der Waals surface area contributed by atoms with Crippen LogP contribution in [0.1, 0.15) is 17.5 Å². The van der Waals surface area contributed by atoms with Gasteiger partial charge in [0.1, 0.15) is 6.04 Å². The summed E-state index contributed by atoms with van der Waals surface area (Å²) >= 11 is 0. The molecule has 1 saturated heterocycles. The smallest absolute Gasteiger partial charge is 0.415 e. The molecule has 1 aromatic carbocycles. The van der Waals surface area contributed by atoms with Crippen molar-refractivity contribution in [1.29, 1.82) is 0 Å². The first-order valence-corrected chi connectivity index (χ1v) is 5.77. The Kier molecular flexibility index (Phi) is 3.23. The molecule has 1 atom stereocenters. The van der Waals surface area contributed by atoms with Gasteiger partial charge in [-0.15, -0.1) is 0 Å². The van der Waals surface area contributed by atoms with Crippen LogP contribution in [0.25, 0.3) is 0 Å². The molecular weight excluding hydrogens is 234 g/mol. The lowest BCUT2D eigenvalue weighted by Gasteiger charge is -2.33. The molecule has 1 unspecified atom stereocenters. The van der Waals surface area contributed by atoms with Crippen LogP contribution in [0.15, 0.2) is 18.2 Å². The molecule has 1 aliphatic heterocycles. The minimum Gasteiger partial charge on any atom is -0.480 e. The normalized spacial score (nSPS) is 19.6. The monoisotopic (exact) mass is 249 g/mol. The lowest BCUT2D eigenvalue weighted by atomic mass is 10.1. The van der Waals surface area contributed by atoms with Crippen LogP contribution in [0.3, 0.4) is 0 Å². The van der Waals surface area contributed by atoms with Gasteiger partial charge in [-0.2, -0.15) is 0 Å². The molecule has 96 valence electrons. The molecule has 5 nitrogen and oxygen atoms in total. The van der Waals surface area contributed by atoms with Crippen LogP contribution in [0.4, 0.5) is 10.5 Å². The molecule has 0 aromatic heterocycles. The van der Waals surface area contributed by atoms with Crippen molar-refractivity contribution in [2.45, 2.75) is 26.3 Å². The number of amides is 1. The van der Waals surface area contributed by atoms with Crippen molar-refractivity contribution in [3.05, 3.63) is 29.3 Å². The topological polar surface area (TPSA) is 66.8 Å². The summed E-state index contributed by atoms with van der Waals surface area (Å²) in [5.74, 6) is -1.01. The molecule has 0 saturated carbocycles. The number of carbonyl (C=O) groups is 2. The van der Waals surface area contributed by atoms with Crippen LogP contribution in [0.2, 0.25) is 0 Å². The standard InChI is InChI=1S/C13H15NO4/c1-8-3-4-10(9(2)7-8)14-11(12(15)16)5-6-18-13(14)17/h3-4,7,11H,5-6H2,1-2H3,(H,15,16). The van der Waals surface area contributed by atoms with Crippen molar-refractivity contribution < 1.29 is 19.4 Å². The van der Waals surface area contributed by atoms with Crippen LogP contribution >= 0.6 is 0 Å². The molecule has 2 rings (SSSR count). The summed E-state index contributed by atoms with van der Waals surface area (Å²) in [7, 11) is 0. The zero-order chi connectivity index (χ0) is 13.3. The van der Waals surface area contributed by atoms with Gasteiger partial charge in [0.05, 0.1) is 12.3 Å². The maximum absolute atomic E-state index is 11.8. The summed E-state index contributed by atoms with van der Waals surface area (Å²) in [6.45, 7) is 3.94. The van der Waals surface area contributed by atoms with E-state index in [9.17, 15) is 14.7 Å². The summed E-state index contributed by atoms with van der Waals surface area (Å²) in [6, 6.07) is 4.67. The number of rotatable bonds is 2. The van der Waals surface area contributed by atoms with Crippen molar-refractivity contribution in [3.8, 4) is 0 Å². The second kappa shape index (κ2) is 4.68. The molecule has 1 N–H and O–H groups in total. The number of carbonyl (C=O) groups excluding carboxylic acids is 1. The average Bonchev–Trinajstić information content (AvgIpc) is 2.29. The quantitative estimate of drug-likeness (QED) is 0.871. The molecule has 1 aliphatic rings. The third kappa shape index (κ3) is 2.16. The van der Waals surface area contributed by atoms with Gasteiger partial charge >= 0.3 is 12.1 Å². The molecule has 18 heavy (non-hydrogen) atoms. The Bertz CT molecular complexity index is 498. The van der Waals surface area contributed by atoms with Crippen LogP contribution in [0.5, 0.6) is 0 Å². The highest BCUT2D eigenvalue weighted by Crippen LogP contribution is 2.27. The number of carboxylic acids is 1. The fourth-order valence-corrected chi connectivity index (χ4v) is 2.16. The molecule has 1 aromatic rings. The lowest BCUT2D eigenvalue weighted by Crippen LogP contribution is -2.50. The van der Waals surface area contributed by atoms with Crippen LogP contribution in [-0.4, -0.2) is 29.8 Å². The fraction of sp³-hybridized carbons (Fsp3) is 0.385. The maximum atomic E-state index is 11.8. The largest absolute Gasteiger partial charge is 0.480 e. The second-order valence-corrected chi connectivity index (χ2v) is 4.42. The summed E-state index contributed by atoms with van der Waals surface area (Å²) in [6.07, 6.45) is -0.297. The summed E-state index contributed by atoms with van der Waals surface area (Å²) in [5, 5.41) is 9.18. The van der Waals surface area contributed by atoms with Crippen LogP contribution in [0, 0.1) is 13.8 Å². The van der Waals surface area contributed by atoms with Gasteiger partial charge in [-0.25, -0.2) is 9.59 Å². The number of ether oxygens (including phenoxy) is 1. The third-order valence-corrected chi connectivity index (χ3v) is 3.02. The Morgan fingerprint density at radius 2 is 2.17 bits per heavy atom. The van der Waals surface area contributed by atoms with Gasteiger partial charge in [-0.3, -0.25) is 4.90 Å². The number of nitrogens with zero attached hydrogens (tertiary/aromatic N) is 1. The molecule has 0 bridgehead atoms. The van der Waals surface area contributed by atoms with Crippen LogP contribution in [-0.2, 0) is 9.53 Å². The number of anilines is 1. The molecule has 1 fully saturated rings. The first kappa shape index (κ1) is 12.4. The Balaban J connectivity index is 2.43. The first-order valence-electron chi connectivity index (χ1n) is 5.77. The highest BCUT2D eigenvalue weighted by Gasteiger charge is 2.36. The van der Waals surface area contributed by atoms with Crippen molar-refractivity contribution in [1.82, 2.24) is 0 Å². The predicted molar refractivity (Wildman–Crippen MR) is 65.8 cm³/mol. The lowest BCUT2D eigenvalue weighted by molar-refractivity contribution is -0.139. The number of benzene rings is 1. The summed E-state index contributed by atoms with van der Waals surface area (Å²) in [5.41, 5.74) is 2.52. The number of aliphatic carboxylic acids is 1. The minimum absolute atomic E-state index is 0.150. The molecule has 0 spiro atoms. The highest BCUT2D eigenvalue weighted by molar-refractivity contribution is 5.96. The molecule has 0 radical (unpaired) electrons. The van der Waals surface area contributed by atoms with E-state index in [2.05, 4.69) is 0 Å². The van der Waals surface area contributed by atoms with E-state index in [4.69, 9.17) is 4.74 Å². The molecule has 5 heteroatoms. The van der Waals surface area contributed by atoms with E-state index in [1.165, 1.54) is 4.90 Å². The number of aryl methyl sites for hydroxylation is 2. The first-order chi connectivity index (χ1) is 8.50. The van der Waals surface area contributed by atoms with Gasteiger partial charge in [-0.05, 0) is 25.5 Å². The van der Waals surface area contributed by atoms with Gasteiger partial charge < -0.3 is 9.84 Å². The van der Waals surface area contributed by atoms with E-state index in [0.717, 1.165) is 11.1 Å². The SMILES string of the molecule is Cc1ccc(N2C(=O)OCCC2C(=O)O)c(C)c1. The van der Waals surface area contributed by atoms with Gasteiger partial charge in [0.25, 0.3) is 0 Å². The minimum atomic E-state index is -1.01. The second-order valence-electron chi connectivity index (χ2n) is 4.42. The Labute approximate surface area is 105 Å². The third-order valence-electron chi connectivity index (χ3n) is 3.02. The number of hydrogen-bond acceptors (Lipinski definition) is 3. The van der Waals surface area contributed by atoms with E-state index in [1.54, 1.807) is 6.07 Å². The van der Waals surface area contributed by atoms with E-state index < -0.39 is 18.1 Å². The van der Waals surface area contributed by atoms with Gasteiger partial charge in [0.2, 0.25) is 0 Å². The zero-order valence-electron chi connectivity index (χ0n) is 10.3. The van der Waals surface area contributed by atoms with Gasteiger partial charge in [0, 0.05) is 6.42 Å². The predicted octanol–water partition coefficient (Wildman–Crippen LogP) is 2.10. The maximum Gasteiger partial charge on any atom is 0.415 e. The number of cyclic esters (lactones) is 1. The number of hydrogen-bond donors (Lipinski definition) is 1. The highest BCUT2D eigenvalue weighted by atomic mass is 16.6. The van der Waals surface area contributed by atoms with E-state index in [1.807, 2.05) is 26.0 Å². The van der Waals surface area contributed by atoms with E-state index >= 15 is 0 Å². The van der Waals surface area contributed by atoms with Crippen molar-refractivity contribution in [2.75, 3.05) is 11.5 Å². The number of carboxylic acid groups (broad SMARTS) is 1. The summed E-state index contributed by atoms with van der Waals surface area (Å²) in [4.78, 5) is 24.2. The Morgan fingerprint density at radius 1 is 1.44 bits per heavy atom. The average molecular weight is 249 g/mol. The molecule has 0 aliphatic carbocycles. The van der Waals surface area contributed by atoms with Crippen molar-refractivity contribution >= 4 is 17.7 Å². The zero-order valence-corrected chi connectivity index (χ0v) is 10.3. The van der Waals surface area contributed by atoms with E-state index in [-0.39, 0.29) is 6.61 Å². The van der Waals surface area contributed by atoms with Crippen LogP contribution < -0.4 is 4.90 Å². The molecular formula is C13H15NO4. The van der Waals surface area contributed by atoms with E-state index in [0.29, 0.717) is 12.1 Å². The molecule has 1 amide bonds. The summed E-state index contributed by atoms with van der Waals surface area (Å²) < 4.78 is 4.93. The van der Waals surface area contributed by atoms with Gasteiger partial charge in [-0.1, -0.05) is 17.7 Å². The van der Waals surface area contributed by atoms with Gasteiger partial charge in [0.15, 0.2) is 0 Å². The van der Waals surface area contributed by atoms with Crippen molar-refractivity contribution in [3.63, 3.8) is 0 Å². The molecule has 1 heterocycles.